The van der Waals surface area contributed by atoms with Gasteiger partial charge in [-0.2, -0.15) is 5.10 Å². The van der Waals surface area contributed by atoms with Gasteiger partial charge in [-0.3, -0.25) is 9.89 Å². The van der Waals surface area contributed by atoms with Crippen LogP contribution in [0.4, 0.5) is 5.82 Å². The lowest BCUT2D eigenvalue weighted by Crippen LogP contribution is -2.23. The predicted octanol–water partition coefficient (Wildman–Crippen LogP) is 4.51. The minimum atomic E-state index is -0.0145. The van der Waals surface area contributed by atoms with Crippen molar-refractivity contribution in [1.82, 2.24) is 10.2 Å². The van der Waals surface area contributed by atoms with Gasteiger partial charge in [-0.1, -0.05) is 48.0 Å². The summed E-state index contributed by atoms with van der Waals surface area (Å²) in [5.41, 5.74) is 5.29. The number of carbonyl (C=O) groups excluding carboxylic acids is 1. The first-order valence-electron chi connectivity index (χ1n) is 7.83. The van der Waals surface area contributed by atoms with E-state index < -0.39 is 0 Å². The Hall–Kier alpha value is -2.59. The number of carbonyl (C=O) groups is 1. The second-order valence-corrected chi connectivity index (χ2v) is 6.47. The van der Waals surface area contributed by atoms with Crippen LogP contribution in [0.1, 0.15) is 29.0 Å². The van der Waals surface area contributed by atoms with Crippen LogP contribution in [0.5, 0.6) is 0 Å². The van der Waals surface area contributed by atoms with Crippen LogP contribution in [0.3, 0.4) is 0 Å². The molecule has 0 fully saturated rings. The van der Waals surface area contributed by atoms with Crippen LogP contribution < -0.4 is 5.32 Å². The number of H-pyrrole nitrogens is 1. The molecule has 0 unspecified atom stereocenters. The fourth-order valence-electron chi connectivity index (χ4n) is 3.34. The van der Waals surface area contributed by atoms with Crippen LogP contribution in [-0.4, -0.2) is 16.1 Å². The van der Waals surface area contributed by atoms with E-state index in [-0.39, 0.29) is 11.8 Å². The van der Waals surface area contributed by atoms with Crippen molar-refractivity contribution >= 4 is 23.3 Å². The van der Waals surface area contributed by atoms with Crippen LogP contribution in [0.25, 0.3) is 11.3 Å². The molecule has 2 heterocycles. The first-order valence-corrected chi connectivity index (χ1v) is 8.21. The van der Waals surface area contributed by atoms with Gasteiger partial charge in [0, 0.05) is 28.5 Å². The minimum absolute atomic E-state index is 0.00934. The molecule has 1 aliphatic rings. The number of benzene rings is 2. The van der Waals surface area contributed by atoms with E-state index in [2.05, 4.69) is 34.6 Å². The third kappa shape index (κ3) is 2.49. The van der Waals surface area contributed by atoms with Crippen LogP contribution in [0.2, 0.25) is 5.02 Å². The first kappa shape index (κ1) is 15.0. The highest BCUT2D eigenvalue weighted by molar-refractivity contribution is 6.30. The van der Waals surface area contributed by atoms with Gasteiger partial charge in [0.05, 0.1) is 5.69 Å². The van der Waals surface area contributed by atoms with Crippen molar-refractivity contribution in [2.45, 2.75) is 19.3 Å². The number of aromatic amines is 1. The van der Waals surface area contributed by atoms with Gasteiger partial charge in [0.1, 0.15) is 0 Å². The summed E-state index contributed by atoms with van der Waals surface area (Å²) in [6, 6.07) is 15.8. The van der Waals surface area contributed by atoms with Gasteiger partial charge in [0.25, 0.3) is 0 Å². The van der Waals surface area contributed by atoms with Crippen molar-refractivity contribution in [1.29, 1.82) is 0 Å². The molecular weight excluding hydrogens is 322 g/mol. The zero-order chi connectivity index (χ0) is 16.7. The second-order valence-electron chi connectivity index (χ2n) is 6.03. The minimum Gasteiger partial charge on any atom is -0.309 e. The summed E-state index contributed by atoms with van der Waals surface area (Å²) in [6.45, 7) is 2.07. The number of halogens is 1. The Labute approximate surface area is 144 Å². The SMILES string of the molecule is Cc1ccccc1[C@H]1CC(=O)Nc2n[nH]c(-c3ccc(Cl)cc3)c21. The number of nitrogens with zero attached hydrogens (tertiary/aromatic N) is 1. The number of hydrogen-bond acceptors (Lipinski definition) is 2. The van der Waals surface area contributed by atoms with E-state index in [0.29, 0.717) is 17.3 Å². The smallest absolute Gasteiger partial charge is 0.226 e. The average Bonchev–Trinajstić information content (AvgIpc) is 2.99. The number of amides is 1. The predicted molar refractivity (Wildman–Crippen MR) is 95.3 cm³/mol. The van der Waals surface area contributed by atoms with Crippen LogP contribution >= 0.6 is 11.6 Å². The Balaban J connectivity index is 1.89. The number of aromatic nitrogens is 2. The molecule has 2 aromatic carbocycles. The number of rotatable bonds is 2. The van der Waals surface area contributed by atoms with Gasteiger partial charge in [0.15, 0.2) is 5.82 Å². The normalized spacial score (nSPS) is 16.6. The molecule has 1 amide bonds. The van der Waals surface area contributed by atoms with E-state index in [1.807, 2.05) is 36.4 Å². The number of aryl methyl sites for hydroxylation is 1. The maximum atomic E-state index is 12.1. The zero-order valence-corrected chi connectivity index (χ0v) is 13.9. The summed E-state index contributed by atoms with van der Waals surface area (Å²) in [7, 11) is 0. The van der Waals surface area contributed by atoms with E-state index in [1.165, 1.54) is 5.56 Å². The lowest BCUT2D eigenvalue weighted by atomic mass is 9.82. The first-order chi connectivity index (χ1) is 11.6. The highest BCUT2D eigenvalue weighted by Gasteiger charge is 2.32. The molecule has 1 aliphatic heterocycles. The second kappa shape index (κ2) is 5.80. The van der Waals surface area contributed by atoms with Crippen molar-refractivity contribution in [2.75, 3.05) is 5.32 Å². The summed E-state index contributed by atoms with van der Waals surface area (Å²) in [5.74, 6) is 0.591. The zero-order valence-electron chi connectivity index (χ0n) is 13.1. The van der Waals surface area contributed by atoms with Crippen molar-refractivity contribution in [2.24, 2.45) is 0 Å². The lowest BCUT2D eigenvalue weighted by molar-refractivity contribution is -0.116. The van der Waals surface area contributed by atoms with Gasteiger partial charge in [0.2, 0.25) is 5.91 Å². The van der Waals surface area contributed by atoms with Crippen LogP contribution in [-0.2, 0) is 4.79 Å². The Morgan fingerprint density at radius 3 is 2.62 bits per heavy atom. The van der Waals surface area contributed by atoms with Gasteiger partial charge in [-0.05, 0) is 30.2 Å². The quantitative estimate of drug-likeness (QED) is 0.722. The fourth-order valence-corrected chi connectivity index (χ4v) is 3.46. The van der Waals surface area contributed by atoms with Crippen molar-refractivity contribution in [3.63, 3.8) is 0 Å². The topological polar surface area (TPSA) is 57.8 Å². The summed E-state index contributed by atoms with van der Waals surface area (Å²) < 4.78 is 0. The molecule has 0 spiro atoms. The largest absolute Gasteiger partial charge is 0.309 e. The molecular formula is C19H16ClN3O. The number of nitrogens with one attached hydrogen (secondary N) is 2. The molecule has 1 atom stereocenters. The Morgan fingerprint density at radius 1 is 1.12 bits per heavy atom. The van der Waals surface area contributed by atoms with Gasteiger partial charge in [-0.25, -0.2) is 0 Å². The molecule has 0 bridgehead atoms. The average molecular weight is 338 g/mol. The van der Waals surface area contributed by atoms with Crippen LogP contribution in [0, 0.1) is 6.92 Å². The number of fused-ring (bicyclic) bond motifs is 1. The van der Waals surface area contributed by atoms with Crippen molar-refractivity contribution in [3.8, 4) is 11.3 Å². The molecule has 0 saturated heterocycles. The third-order valence-electron chi connectivity index (χ3n) is 4.50. The van der Waals surface area contributed by atoms with E-state index in [1.54, 1.807) is 0 Å². The molecule has 3 aromatic rings. The summed E-state index contributed by atoms with van der Waals surface area (Å²) >= 11 is 6.00. The Morgan fingerprint density at radius 2 is 1.88 bits per heavy atom. The van der Waals surface area contributed by atoms with Crippen molar-refractivity contribution < 1.29 is 4.79 Å². The fraction of sp³-hybridized carbons (Fsp3) is 0.158. The van der Waals surface area contributed by atoms with E-state index in [9.17, 15) is 4.79 Å². The summed E-state index contributed by atoms with van der Waals surface area (Å²) in [4.78, 5) is 12.1. The number of hydrogen-bond donors (Lipinski definition) is 2. The Kier molecular flexibility index (Phi) is 3.62. The molecule has 1 aromatic heterocycles. The molecule has 24 heavy (non-hydrogen) atoms. The van der Waals surface area contributed by atoms with E-state index >= 15 is 0 Å². The van der Waals surface area contributed by atoms with Gasteiger partial charge in [-0.15, -0.1) is 0 Å². The molecule has 5 heteroatoms. The molecule has 4 rings (SSSR count). The molecule has 0 aliphatic carbocycles. The van der Waals surface area contributed by atoms with Gasteiger partial charge >= 0.3 is 0 Å². The maximum Gasteiger partial charge on any atom is 0.226 e. The third-order valence-corrected chi connectivity index (χ3v) is 4.75. The maximum absolute atomic E-state index is 12.1. The number of anilines is 1. The molecule has 120 valence electrons. The molecule has 2 N–H and O–H groups in total. The molecule has 4 nitrogen and oxygen atoms in total. The van der Waals surface area contributed by atoms with E-state index in [0.717, 1.165) is 22.4 Å². The monoisotopic (exact) mass is 337 g/mol. The van der Waals surface area contributed by atoms with Crippen LogP contribution in [0.15, 0.2) is 48.5 Å². The van der Waals surface area contributed by atoms with Gasteiger partial charge < -0.3 is 5.32 Å². The standard InChI is InChI=1S/C19H16ClN3O/c1-11-4-2-3-5-14(11)15-10-16(24)21-19-17(15)18(22-23-19)12-6-8-13(20)9-7-12/h2-9,15H,10H2,1H3,(H2,21,22,23,24)/t15-/m1/s1. The lowest BCUT2D eigenvalue weighted by Gasteiger charge is -2.24. The van der Waals surface area contributed by atoms with E-state index in [4.69, 9.17) is 11.6 Å². The van der Waals surface area contributed by atoms with Crippen molar-refractivity contribution in [3.05, 3.63) is 70.2 Å². The summed E-state index contributed by atoms with van der Waals surface area (Å²) in [5, 5.41) is 11.0. The highest BCUT2D eigenvalue weighted by Crippen LogP contribution is 2.42. The molecule has 0 saturated carbocycles. The molecule has 0 radical (unpaired) electrons. The Bertz CT molecular complexity index is 915. The summed E-state index contributed by atoms with van der Waals surface area (Å²) in [6.07, 6.45) is 0.415. The highest BCUT2D eigenvalue weighted by atomic mass is 35.5.